The Morgan fingerprint density at radius 2 is 2.24 bits per heavy atom. The number of phenolic OH excluding ortho intramolecular Hbond substituents is 1. The van der Waals surface area contributed by atoms with Crippen LogP contribution in [0.2, 0.25) is 0 Å². The molecule has 0 saturated heterocycles. The van der Waals surface area contributed by atoms with Gasteiger partial charge in [-0.3, -0.25) is 9.00 Å². The molecule has 0 aromatic heterocycles. The molecule has 1 rings (SSSR count). The number of hydrogen-bond donors (Lipinski definition) is 3. The van der Waals surface area contributed by atoms with E-state index in [4.69, 9.17) is 5.73 Å². The lowest BCUT2D eigenvalue weighted by Gasteiger charge is -2.07. The van der Waals surface area contributed by atoms with E-state index in [0.29, 0.717) is 18.1 Å². The summed E-state index contributed by atoms with van der Waals surface area (Å²) in [6, 6.07) is 4.59. The van der Waals surface area contributed by atoms with Crippen LogP contribution in [0.1, 0.15) is 17.3 Å². The summed E-state index contributed by atoms with van der Waals surface area (Å²) in [4.78, 5) is 11.7. The monoisotopic (exact) mass is 256 g/mol. The van der Waals surface area contributed by atoms with Crippen molar-refractivity contribution in [2.75, 3.05) is 23.8 Å². The largest absolute Gasteiger partial charge is 0.505 e. The van der Waals surface area contributed by atoms with Gasteiger partial charge < -0.3 is 16.2 Å². The van der Waals surface area contributed by atoms with Crippen molar-refractivity contribution in [3.63, 3.8) is 0 Å². The van der Waals surface area contributed by atoms with Gasteiger partial charge in [-0.1, -0.05) is 13.0 Å². The third-order valence-corrected chi connectivity index (χ3v) is 3.55. The van der Waals surface area contributed by atoms with Crippen LogP contribution in [0.15, 0.2) is 18.2 Å². The highest BCUT2D eigenvalue weighted by atomic mass is 32.2. The SMILES string of the molecule is CCS(=O)CCNC(=O)c1cccc(N)c1O. The van der Waals surface area contributed by atoms with Crippen molar-refractivity contribution >= 4 is 22.4 Å². The number of rotatable bonds is 5. The number of aromatic hydroxyl groups is 1. The number of para-hydroxylation sites is 1. The topological polar surface area (TPSA) is 92.4 Å². The average molecular weight is 256 g/mol. The molecular weight excluding hydrogens is 240 g/mol. The van der Waals surface area contributed by atoms with Gasteiger partial charge in [-0.2, -0.15) is 0 Å². The molecule has 6 heteroatoms. The summed E-state index contributed by atoms with van der Waals surface area (Å²) >= 11 is 0. The highest BCUT2D eigenvalue weighted by Gasteiger charge is 2.12. The van der Waals surface area contributed by atoms with Gasteiger partial charge >= 0.3 is 0 Å². The summed E-state index contributed by atoms with van der Waals surface area (Å²) in [5.41, 5.74) is 5.77. The lowest BCUT2D eigenvalue weighted by Crippen LogP contribution is -2.28. The molecule has 1 amide bonds. The van der Waals surface area contributed by atoms with Crippen molar-refractivity contribution in [1.29, 1.82) is 0 Å². The molecule has 1 atom stereocenters. The number of carbonyl (C=O) groups is 1. The highest BCUT2D eigenvalue weighted by Crippen LogP contribution is 2.23. The summed E-state index contributed by atoms with van der Waals surface area (Å²) in [6.45, 7) is 2.13. The standard InChI is InChI=1S/C11H16N2O3S/c1-2-17(16)7-6-13-11(15)8-4-3-5-9(12)10(8)14/h3-5,14H,2,6-7,12H2,1H3,(H,13,15). The van der Waals surface area contributed by atoms with Gasteiger partial charge in [0.2, 0.25) is 0 Å². The van der Waals surface area contributed by atoms with E-state index in [9.17, 15) is 14.1 Å². The molecule has 1 aromatic carbocycles. The number of nitrogens with one attached hydrogen (secondary N) is 1. The van der Waals surface area contributed by atoms with Gasteiger partial charge in [0.05, 0.1) is 11.3 Å². The van der Waals surface area contributed by atoms with Crippen LogP contribution in [0.4, 0.5) is 5.69 Å². The molecule has 0 saturated carbocycles. The fourth-order valence-corrected chi connectivity index (χ4v) is 1.88. The van der Waals surface area contributed by atoms with Gasteiger partial charge in [0, 0.05) is 28.9 Å². The zero-order valence-electron chi connectivity index (χ0n) is 9.60. The normalized spacial score (nSPS) is 12.1. The fourth-order valence-electron chi connectivity index (χ4n) is 1.26. The van der Waals surface area contributed by atoms with Gasteiger partial charge in [0.1, 0.15) is 0 Å². The third kappa shape index (κ3) is 3.74. The molecule has 0 aliphatic heterocycles. The molecule has 17 heavy (non-hydrogen) atoms. The highest BCUT2D eigenvalue weighted by molar-refractivity contribution is 7.84. The molecule has 0 fully saturated rings. The Morgan fingerprint density at radius 1 is 1.53 bits per heavy atom. The first kappa shape index (κ1) is 13.5. The summed E-state index contributed by atoms with van der Waals surface area (Å²) in [5.74, 6) is 0.342. The van der Waals surface area contributed by atoms with E-state index in [1.165, 1.54) is 12.1 Å². The number of phenols is 1. The second-order valence-corrected chi connectivity index (χ2v) is 5.30. The maximum Gasteiger partial charge on any atom is 0.255 e. The van der Waals surface area contributed by atoms with Gasteiger partial charge in [-0.05, 0) is 12.1 Å². The molecule has 1 aromatic rings. The van der Waals surface area contributed by atoms with Crippen LogP contribution in [-0.4, -0.2) is 33.3 Å². The first-order valence-electron chi connectivity index (χ1n) is 5.27. The zero-order valence-corrected chi connectivity index (χ0v) is 10.4. The quantitative estimate of drug-likeness (QED) is 0.527. The van der Waals surface area contributed by atoms with E-state index in [2.05, 4.69) is 5.32 Å². The summed E-state index contributed by atoms with van der Waals surface area (Å²) in [5, 5.41) is 12.2. The lowest BCUT2D eigenvalue weighted by atomic mass is 10.1. The minimum Gasteiger partial charge on any atom is -0.505 e. The van der Waals surface area contributed by atoms with Crippen molar-refractivity contribution in [1.82, 2.24) is 5.32 Å². The molecule has 0 spiro atoms. The van der Waals surface area contributed by atoms with Crippen LogP contribution in [0.5, 0.6) is 5.75 Å². The Hall–Kier alpha value is -1.56. The van der Waals surface area contributed by atoms with Gasteiger partial charge in [0.15, 0.2) is 5.75 Å². The number of nitrogens with two attached hydrogens (primary N) is 1. The summed E-state index contributed by atoms with van der Waals surface area (Å²) in [6.07, 6.45) is 0. The van der Waals surface area contributed by atoms with Crippen molar-refractivity contribution in [2.45, 2.75) is 6.92 Å². The van der Waals surface area contributed by atoms with E-state index in [1.54, 1.807) is 6.07 Å². The predicted molar refractivity (Wildman–Crippen MR) is 68.4 cm³/mol. The molecule has 5 nitrogen and oxygen atoms in total. The van der Waals surface area contributed by atoms with Crippen molar-refractivity contribution in [3.8, 4) is 5.75 Å². The molecule has 0 aliphatic rings. The third-order valence-electron chi connectivity index (χ3n) is 2.25. The van der Waals surface area contributed by atoms with Crippen LogP contribution in [0.25, 0.3) is 0 Å². The molecule has 94 valence electrons. The van der Waals surface area contributed by atoms with Crippen LogP contribution in [0, 0.1) is 0 Å². The minimum atomic E-state index is -0.911. The predicted octanol–water partition coefficient (Wildman–Crippen LogP) is 0.473. The molecule has 0 radical (unpaired) electrons. The lowest BCUT2D eigenvalue weighted by molar-refractivity contribution is 0.0953. The van der Waals surface area contributed by atoms with E-state index >= 15 is 0 Å². The Balaban J connectivity index is 2.59. The van der Waals surface area contributed by atoms with Gasteiger partial charge in [0.25, 0.3) is 5.91 Å². The average Bonchev–Trinajstić information content (AvgIpc) is 2.32. The second-order valence-electron chi connectivity index (χ2n) is 3.43. The van der Waals surface area contributed by atoms with Crippen LogP contribution in [-0.2, 0) is 10.8 Å². The van der Waals surface area contributed by atoms with Gasteiger partial charge in [-0.25, -0.2) is 0 Å². The van der Waals surface area contributed by atoms with E-state index in [0.717, 1.165) is 0 Å². The van der Waals surface area contributed by atoms with E-state index in [1.807, 2.05) is 6.92 Å². The number of carbonyl (C=O) groups excluding carboxylic acids is 1. The molecule has 0 bridgehead atoms. The summed E-state index contributed by atoms with van der Waals surface area (Å²) < 4.78 is 11.1. The number of anilines is 1. The van der Waals surface area contributed by atoms with E-state index < -0.39 is 16.7 Å². The van der Waals surface area contributed by atoms with Crippen LogP contribution in [0.3, 0.4) is 0 Å². The Bertz CT molecular complexity index is 435. The first-order chi connectivity index (χ1) is 8.06. The molecule has 0 heterocycles. The fraction of sp³-hybridized carbons (Fsp3) is 0.364. The Morgan fingerprint density at radius 3 is 2.88 bits per heavy atom. The number of amides is 1. The second kappa shape index (κ2) is 6.24. The summed E-state index contributed by atoms with van der Waals surface area (Å²) in [7, 11) is -0.911. The Kier molecular flexibility index (Phi) is 4.96. The minimum absolute atomic E-state index is 0.132. The number of hydrogen-bond acceptors (Lipinski definition) is 4. The maximum atomic E-state index is 11.7. The maximum absolute atomic E-state index is 11.7. The van der Waals surface area contributed by atoms with Crippen molar-refractivity contribution < 1.29 is 14.1 Å². The van der Waals surface area contributed by atoms with Crippen molar-refractivity contribution in [3.05, 3.63) is 23.8 Å². The van der Waals surface area contributed by atoms with Crippen LogP contribution >= 0.6 is 0 Å². The molecular formula is C11H16N2O3S. The van der Waals surface area contributed by atoms with Crippen LogP contribution < -0.4 is 11.1 Å². The Labute approximate surface area is 102 Å². The number of benzene rings is 1. The van der Waals surface area contributed by atoms with Crippen molar-refractivity contribution in [2.24, 2.45) is 0 Å². The molecule has 0 aliphatic carbocycles. The number of nitrogen functional groups attached to an aromatic ring is 1. The first-order valence-corrected chi connectivity index (χ1v) is 6.75. The van der Waals surface area contributed by atoms with E-state index in [-0.39, 0.29) is 17.0 Å². The smallest absolute Gasteiger partial charge is 0.255 e. The molecule has 1 unspecified atom stereocenters. The molecule has 4 N–H and O–H groups in total. The van der Waals surface area contributed by atoms with Gasteiger partial charge in [-0.15, -0.1) is 0 Å². The zero-order chi connectivity index (χ0) is 12.8.